The third-order valence-electron chi connectivity index (χ3n) is 5.54. The second-order valence-electron chi connectivity index (χ2n) is 8.67. The van der Waals surface area contributed by atoms with Gasteiger partial charge in [0, 0.05) is 51.0 Å². The predicted octanol–water partition coefficient (Wildman–Crippen LogP) is 3.80. The van der Waals surface area contributed by atoms with E-state index in [1.807, 2.05) is 25.4 Å². The highest BCUT2D eigenvalue weighted by Gasteiger charge is 2.31. The minimum Gasteiger partial charge on any atom is -0.475 e. The van der Waals surface area contributed by atoms with Crippen LogP contribution in [0.4, 0.5) is 0 Å². The van der Waals surface area contributed by atoms with E-state index in [0.717, 1.165) is 24.0 Å². The van der Waals surface area contributed by atoms with Gasteiger partial charge in [0.15, 0.2) is 5.96 Å². The molecule has 1 aliphatic carbocycles. The second kappa shape index (κ2) is 11.9. The van der Waals surface area contributed by atoms with Gasteiger partial charge in [-0.2, -0.15) is 0 Å². The molecule has 1 aliphatic heterocycles. The Morgan fingerprint density at radius 2 is 1.97 bits per heavy atom. The number of ether oxygens (including phenoxy) is 1. The van der Waals surface area contributed by atoms with Gasteiger partial charge < -0.3 is 20.3 Å². The lowest BCUT2D eigenvalue weighted by atomic mass is 10.1. The number of guanidine groups is 1. The summed E-state index contributed by atoms with van der Waals surface area (Å²) in [5.74, 6) is 2.19. The minimum absolute atomic E-state index is 0. The van der Waals surface area contributed by atoms with Gasteiger partial charge >= 0.3 is 0 Å². The molecule has 2 aliphatic rings. The van der Waals surface area contributed by atoms with E-state index in [1.165, 1.54) is 38.8 Å². The zero-order chi connectivity index (χ0) is 19.9. The first-order valence-corrected chi connectivity index (χ1v) is 10.9. The monoisotopic (exact) mass is 515 g/mol. The summed E-state index contributed by atoms with van der Waals surface area (Å²) in [6, 6.07) is 5.43. The van der Waals surface area contributed by atoms with Crippen LogP contribution in [-0.2, 0) is 6.54 Å². The van der Waals surface area contributed by atoms with Gasteiger partial charge in [-0.05, 0) is 56.6 Å². The smallest absolute Gasteiger partial charge is 0.213 e. The van der Waals surface area contributed by atoms with Crippen molar-refractivity contribution in [2.45, 2.75) is 77.6 Å². The molecule has 29 heavy (non-hydrogen) atoms. The molecule has 0 radical (unpaired) electrons. The number of aromatic nitrogens is 1. The normalized spacial score (nSPS) is 19.6. The number of hydrogen-bond donors (Lipinski definition) is 2. The largest absolute Gasteiger partial charge is 0.475 e. The Balaban J connectivity index is 0.00000300. The highest BCUT2D eigenvalue weighted by atomic mass is 127. The average molecular weight is 515 g/mol. The van der Waals surface area contributed by atoms with Gasteiger partial charge in [-0.3, -0.25) is 4.99 Å². The number of rotatable bonds is 8. The van der Waals surface area contributed by atoms with Crippen molar-refractivity contribution in [1.29, 1.82) is 0 Å². The fourth-order valence-electron chi connectivity index (χ4n) is 3.97. The van der Waals surface area contributed by atoms with Crippen LogP contribution in [0.5, 0.6) is 5.88 Å². The molecule has 1 saturated carbocycles. The lowest BCUT2D eigenvalue weighted by Gasteiger charge is -2.33. The molecule has 7 heteroatoms. The maximum absolute atomic E-state index is 5.97. The van der Waals surface area contributed by atoms with Crippen LogP contribution in [-0.4, -0.2) is 54.2 Å². The average Bonchev–Trinajstić information content (AvgIpc) is 3.50. The summed E-state index contributed by atoms with van der Waals surface area (Å²) in [5.41, 5.74) is 1.15. The van der Waals surface area contributed by atoms with Crippen LogP contribution < -0.4 is 15.4 Å². The van der Waals surface area contributed by atoms with Crippen molar-refractivity contribution in [3.05, 3.63) is 23.9 Å². The van der Waals surface area contributed by atoms with Crippen molar-refractivity contribution in [2.75, 3.05) is 20.1 Å². The molecule has 1 saturated heterocycles. The van der Waals surface area contributed by atoms with Crippen molar-refractivity contribution in [3.8, 4) is 5.88 Å². The van der Waals surface area contributed by atoms with Crippen LogP contribution in [0, 0.1) is 5.92 Å². The number of aliphatic imine (C=N–C) groups is 1. The third kappa shape index (κ3) is 8.28. The molecular weight excluding hydrogens is 477 g/mol. The summed E-state index contributed by atoms with van der Waals surface area (Å²) in [6.07, 6.45) is 8.20. The zero-order valence-electron chi connectivity index (χ0n) is 18.4. The van der Waals surface area contributed by atoms with Crippen LogP contribution in [0.15, 0.2) is 23.3 Å². The Morgan fingerprint density at radius 1 is 1.24 bits per heavy atom. The molecule has 6 nitrogen and oxygen atoms in total. The van der Waals surface area contributed by atoms with E-state index in [4.69, 9.17) is 4.74 Å². The van der Waals surface area contributed by atoms with Gasteiger partial charge in [0.2, 0.25) is 5.88 Å². The molecule has 1 aromatic rings. The Labute approximate surface area is 193 Å². The van der Waals surface area contributed by atoms with Crippen LogP contribution in [0.25, 0.3) is 0 Å². The number of nitrogens with one attached hydrogen (secondary N) is 2. The molecule has 3 rings (SSSR count). The van der Waals surface area contributed by atoms with Gasteiger partial charge in [0.1, 0.15) is 0 Å². The number of likely N-dealkylation sites (tertiary alicyclic amines) is 1. The molecule has 1 aromatic heterocycles. The number of nitrogens with zero attached hydrogens (tertiary/aromatic N) is 3. The van der Waals surface area contributed by atoms with E-state index >= 15 is 0 Å². The molecule has 0 amide bonds. The SMILES string of the molecule is CN=C(NCc1ccnc(OC(C)CC(C)C)c1)NC1CCN(C2CC2)CC1.I. The Morgan fingerprint density at radius 3 is 2.59 bits per heavy atom. The standard InChI is InChI=1S/C22H37N5O.HI/c1-16(2)13-17(3)28-21-14-18(7-10-24-21)15-25-22(23-4)26-19-8-11-27(12-9-19)20-5-6-20;/h7,10,14,16-17,19-20H,5-6,8-9,11-13,15H2,1-4H3,(H2,23,25,26);1H. The molecule has 0 aromatic carbocycles. The number of pyridine rings is 1. The molecule has 0 bridgehead atoms. The molecule has 1 atom stereocenters. The van der Waals surface area contributed by atoms with Crippen molar-refractivity contribution in [1.82, 2.24) is 20.5 Å². The van der Waals surface area contributed by atoms with E-state index in [1.54, 1.807) is 0 Å². The molecule has 164 valence electrons. The Bertz CT molecular complexity index is 642. The fourth-order valence-corrected chi connectivity index (χ4v) is 3.97. The topological polar surface area (TPSA) is 61.8 Å². The maximum atomic E-state index is 5.97. The van der Waals surface area contributed by atoms with E-state index in [9.17, 15) is 0 Å². The molecule has 2 N–H and O–H groups in total. The molecule has 0 spiro atoms. The predicted molar refractivity (Wildman–Crippen MR) is 130 cm³/mol. The Kier molecular flexibility index (Phi) is 9.95. The number of halogens is 1. The molecule has 2 fully saturated rings. The molecule has 1 unspecified atom stereocenters. The first-order chi connectivity index (χ1) is 13.5. The van der Waals surface area contributed by atoms with Crippen LogP contribution in [0.2, 0.25) is 0 Å². The van der Waals surface area contributed by atoms with Crippen molar-refractivity contribution in [3.63, 3.8) is 0 Å². The zero-order valence-corrected chi connectivity index (χ0v) is 20.7. The van der Waals surface area contributed by atoms with E-state index < -0.39 is 0 Å². The summed E-state index contributed by atoms with van der Waals surface area (Å²) in [7, 11) is 1.84. The van der Waals surface area contributed by atoms with Crippen LogP contribution in [0.1, 0.15) is 58.4 Å². The highest BCUT2D eigenvalue weighted by Crippen LogP contribution is 2.29. The fraction of sp³-hybridized carbons (Fsp3) is 0.727. The summed E-state index contributed by atoms with van der Waals surface area (Å²) in [4.78, 5) is 11.4. The van der Waals surface area contributed by atoms with Crippen molar-refractivity contribution < 1.29 is 4.74 Å². The minimum atomic E-state index is 0. The summed E-state index contributed by atoms with van der Waals surface area (Å²) < 4.78 is 5.97. The van der Waals surface area contributed by atoms with Crippen molar-refractivity contribution >= 4 is 29.9 Å². The quantitative estimate of drug-likeness (QED) is 0.313. The molecular formula is C22H38IN5O. The number of hydrogen-bond acceptors (Lipinski definition) is 4. The van der Waals surface area contributed by atoms with Gasteiger partial charge in [-0.15, -0.1) is 24.0 Å². The lowest BCUT2D eigenvalue weighted by Crippen LogP contribution is -2.48. The van der Waals surface area contributed by atoms with Gasteiger partial charge in [-0.1, -0.05) is 13.8 Å². The maximum Gasteiger partial charge on any atom is 0.213 e. The highest BCUT2D eigenvalue weighted by molar-refractivity contribution is 14.0. The third-order valence-corrected chi connectivity index (χ3v) is 5.54. The van der Waals surface area contributed by atoms with Gasteiger partial charge in [0.25, 0.3) is 0 Å². The van der Waals surface area contributed by atoms with Crippen LogP contribution in [0.3, 0.4) is 0 Å². The summed E-state index contributed by atoms with van der Waals surface area (Å²) >= 11 is 0. The van der Waals surface area contributed by atoms with E-state index in [0.29, 0.717) is 24.4 Å². The lowest BCUT2D eigenvalue weighted by molar-refractivity contribution is 0.185. The van der Waals surface area contributed by atoms with Crippen LogP contribution >= 0.6 is 24.0 Å². The first kappa shape index (κ1) is 24.2. The number of piperidine rings is 1. The van der Waals surface area contributed by atoms with Gasteiger partial charge in [-0.25, -0.2) is 4.98 Å². The molecule has 2 heterocycles. The summed E-state index contributed by atoms with van der Waals surface area (Å²) in [6.45, 7) is 9.65. The van der Waals surface area contributed by atoms with E-state index in [2.05, 4.69) is 46.3 Å². The first-order valence-electron chi connectivity index (χ1n) is 10.9. The second-order valence-corrected chi connectivity index (χ2v) is 8.67. The summed E-state index contributed by atoms with van der Waals surface area (Å²) in [5, 5.41) is 7.02. The van der Waals surface area contributed by atoms with Gasteiger partial charge in [0.05, 0.1) is 6.10 Å². The van der Waals surface area contributed by atoms with Crippen molar-refractivity contribution in [2.24, 2.45) is 10.9 Å². The Hall–Kier alpha value is -1.09. The van der Waals surface area contributed by atoms with E-state index in [-0.39, 0.29) is 30.1 Å².